The van der Waals surface area contributed by atoms with Crippen LogP contribution in [-0.4, -0.2) is 37.3 Å². The molecule has 0 fully saturated rings. The molecule has 1 amide bonds. The van der Waals surface area contributed by atoms with Gasteiger partial charge in [0, 0.05) is 29.1 Å². The summed E-state index contributed by atoms with van der Waals surface area (Å²) >= 11 is 0. The fraction of sp³-hybridized carbons (Fsp3) is 0.280. The van der Waals surface area contributed by atoms with Crippen LogP contribution in [0.4, 0.5) is 5.69 Å². The molecule has 1 aliphatic rings. The number of hydrogen-bond donors (Lipinski definition) is 1. The van der Waals surface area contributed by atoms with Gasteiger partial charge in [-0.3, -0.25) is 4.79 Å². The molecule has 0 radical (unpaired) electrons. The third kappa shape index (κ3) is 3.54. The second kappa shape index (κ2) is 8.88. The van der Waals surface area contributed by atoms with Crippen LogP contribution in [0.15, 0.2) is 48.5 Å². The zero-order valence-corrected chi connectivity index (χ0v) is 18.3. The zero-order valence-electron chi connectivity index (χ0n) is 18.3. The molecular formula is C25H25NO6. The predicted octanol–water partition coefficient (Wildman–Crippen LogP) is 4.57. The smallest absolute Gasteiger partial charge is 0.337 e. The number of carboxylic acids is 1. The van der Waals surface area contributed by atoms with Crippen LogP contribution in [-0.2, 0) is 16.1 Å². The number of ether oxygens (including phenoxy) is 3. The van der Waals surface area contributed by atoms with E-state index >= 15 is 0 Å². The quantitative estimate of drug-likeness (QED) is 0.558. The van der Waals surface area contributed by atoms with Crippen molar-refractivity contribution in [1.82, 2.24) is 0 Å². The minimum absolute atomic E-state index is 0.176. The maximum absolute atomic E-state index is 13.5. The molecule has 1 heterocycles. The first-order valence-corrected chi connectivity index (χ1v) is 10.5. The van der Waals surface area contributed by atoms with Crippen molar-refractivity contribution >= 4 is 28.3 Å². The van der Waals surface area contributed by atoms with Crippen LogP contribution >= 0.6 is 0 Å². The highest BCUT2D eigenvalue weighted by atomic mass is 16.5. The fourth-order valence-corrected chi connectivity index (χ4v) is 4.19. The van der Waals surface area contributed by atoms with Crippen molar-refractivity contribution in [3.8, 4) is 11.5 Å². The molecule has 0 aromatic heterocycles. The summed E-state index contributed by atoms with van der Waals surface area (Å²) in [6, 6.07) is 14.6. The zero-order chi connectivity index (χ0) is 22.8. The summed E-state index contributed by atoms with van der Waals surface area (Å²) < 4.78 is 17.0. The van der Waals surface area contributed by atoms with E-state index in [-0.39, 0.29) is 5.91 Å². The van der Waals surface area contributed by atoms with E-state index in [1.165, 1.54) is 7.11 Å². The van der Waals surface area contributed by atoms with Gasteiger partial charge < -0.3 is 24.2 Å². The Morgan fingerprint density at radius 1 is 1.00 bits per heavy atom. The van der Waals surface area contributed by atoms with E-state index in [2.05, 4.69) is 0 Å². The van der Waals surface area contributed by atoms with E-state index in [1.54, 1.807) is 29.2 Å². The van der Waals surface area contributed by atoms with Crippen LogP contribution in [0.5, 0.6) is 11.5 Å². The highest BCUT2D eigenvalue weighted by Crippen LogP contribution is 2.46. The molecule has 0 spiro atoms. The molecule has 3 aromatic carbocycles. The molecule has 166 valence electrons. The Kier molecular flexibility index (Phi) is 6.01. The van der Waals surface area contributed by atoms with Gasteiger partial charge in [0.1, 0.15) is 11.5 Å². The average Bonchev–Trinajstić information content (AvgIpc) is 3.14. The summed E-state index contributed by atoms with van der Waals surface area (Å²) in [5.41, 5.74) is 2.47. The Hall–Kier alpha value is -3.58. The Morgan fingerprint density at radius 3 is 2.16 bits per heavy atom. The molecule has 3 aromatic rings. The van der Waals surface area contributed by atoms with Crippen molar-refractivity contribution in [2.75, 3.05) is 25.2 Å². The number of nitrogens with zero attached hydrogens (tertiary/aromatic N) is 1. The number of amides is 1. The number of methoxy groups -OCH3 is 1. The first-order valence-electron chi connectivity index (χ1n) is 10.5. The fourth-order valence-electron chi connectivity index (χ4n) is 4.19. The van der Waals surface area contributed by atoms with Crippen LogP contribution in [0.3, 0.4) is 0 Å². The summed E-state index contributed by atoms with van der Waals surface area (Å²) in [5.74, 6) is 0.0130. The lowest BCUT2D eigenvalue weighted by Gasteiger charge is -2.17. The second-order valence-corrected chi connectivity index (χ2v) is 7.36. The van der Waals surface area contributed by atoms with Crippen LogP contribution in [0.2, 0.25) is 0 Å². The number of benzene rings is 3. The summed E-state index contributed by atoms with van der Waals surface area (Å²) in [6.07, 6.45) is -1.06. The molecule has 7 heteroatoms. The van der Waals surface area contributed by atoms with Gasteiger partial charge in [0.2, 0.25) is 0 Å². The molecule has 0 saturated carbocycles. The van der Waals surface area contributed by atoms with Gasteiger partial charge >= 0.3 is 5.97 Å². The third-order valence-electron chi connectivity index (χ3n) is 5.54. The van der Waals surface area contributed by atoms with Crippen molar-refractivity contribution in [3.05, 3.63) is 65.2 Å². The molecule has 1 N–H and O–H groups in total. The van der Waals surface area contributed by atoms with Gasteiger partial charge in [-0.25, -0.2) is 4.79 Å². The first-order chi connectivity index (χ1) is 15.5. The SMILES string of the molecule is CCOc1c2c(c(OCC)c3ccccc13)C(=O)N(c1ccc(C(OC)C(=O)O)cc1)C2. The maximum atomic E-state index is 13.5. The number of anilines is 1. The Bertz CT molecular complexity index is 1170. The molecule has 0 bridgehead atoms. The van der Waals surface area contributed by atoms with E-state index in [0.29, 0.717) is 48.1 Å². The molecule has 4 rings (SSSR count). The molecule has 0 aliphatic carbocycles. The number of rotatable bonds is 8. The second-order valence-electron chi connectivity index (χ2n) is 7.36. The number of carbonyl (C=O) groups is 2. The normalized spacial score (nSPS) is 13.8. The molecule has 1 atom stereocenters. The van der Waals surface area contributed by atoms with Gasteiger partial charge in [-0.05, 0) is 31.5 Å². The third-order valence-corrected chi connectivity index (χ3v) is 5.54. The molecular weight excluding hydrogens is 410 g/mol. The van der Waals surface area contributed by atoms with Gasteiger partial charge in [0.05, 0.1) is 25.3 Å². The minimum Gasteiger partial charge on any atom is -0.493 e. The van der Waals surface area contributed by atoms with Crippen LogP contribution < -0.4 is 14.4 Å². The number of carboxylic acid groups (broad SMARTS) is 1. The standard InChI is InChI=1S/C25H25NO6/c1-4-31-22-17-8-6-7-9-18(17)23(32-5-2)20-19(22)14-26(24(20)27)16-12-10-15(11-13-16)21(30-3)25(28)29/h6-13,21H,4-5,14H2,1-3H3,(H,28,29). The van der Waals surface area contributed by atoms with Crippen LogP contribution in [0.1, 0.15) is 41.4 Å². The molecule has 1 unspecified atom stereocenters. The molecule has 32 heavy (non-hydrogen) atoms. The lowest BCUT2D eigenvalue weighted by Crippen LogP contribution is -2.23. The highest BCUT2D eigenvalue weighted by Gasteiger charge is 2.36. The first kappa shape index (κ1) is 21.6. The highest BCUT2D eigenvalue weighted by molar-refractivity contribution is 6.16. The van der Waals surface area contributed by atoms with Gasteiger partial charge in [0.15, 0.2) is 6.10 Å². The Labute approximate surface area is 186 Å². The minimum atomic E-state index is -1.07. The summed E-state index contributed by atoms with van der Waals surface area (Å²) in [7, 11) is 1.35. The van der Waals surface area contributed by atoms with Crippen molar-refractivity contribution < 1.29 is 28.9 Å². The number of aliphatic carboxylic acids is 1. The van der Waals surface area contributed by atoms with Crippen molar-refractivity contribution in [2.24, 2.45) is 0 Å². The van der Waals surface area contributed by atoms with E-state index in [0.717, 1.165) is 16.3 Å². The Balaban J connectivity index is 1.81. The van der Waals surface area contributed by atoms with E-state index in [4.69, 9.17) is 14.2 Å². The topological polar surface area (TPSA) is 85.3 Å². The van der Waals surface area contributed by atoms with Gasteiger partial charge in [-0.2, -0.15) is 0 Å². The number of hydrogen-bond acceptors (Lipinski definition) is 5. The molecule has 7 nitrogen and oxygen atoms in total. The lowest BCUT2D eigenvalue weighted by atomic mass is 9.99. The van der Waals surface area contributed by atoms with Gasteiger partial charge in [-0.15, -0.1) is 0 Å². The number of fused-ring (bicyclic) bond motifs is 2. The maximum Gasteiger partial charge on any atom is 0.337 e. The summed E-state index contributed by atoms with van der Waals surface area (Å²) in [5, 5.41) is 11.1. The predicted molar refractivity (Wildman–Crippen MR) is 121 cm³/mol. The summed E-state index contributed by atoms with van der Waals surface area (Å²) in [4.78, 5) is 26.6. The van der Waals surface area contributed by atoms with Crippen molar-refractivity contribution in [3.63, 3.8) is 0 Å². The van der Waals surface area contributed by atoms with Gasteiger partial charge in [-0.1, -0.05) is 36.4 Å². The molecule has 0 saturated heterocycles. The molecule has 1 aliphatic heterocycles. The lowest BCUT2D eigenvalue weighted by molar-refractivity contribution is -0.148. The van der Waals surface area contributed by atoms with Crippen LogP contribution in [0, 0.1) is 0 Å². The largest absolute Gasteiger partial charge is 0.493 e. The van der Waals surface area contributed by atoms with Crippen molar-refractivity contribution in [1.29, 1.82) is 0 Å². The Morgan fingerprint density at radius 2 is 1.59 bits per heavy atom. The van der Waals surface area contributed by atoms with Crippen LogP contribution in [0.25, 0.3) is 10.8 Å². The average molecular weight is 435 g/mol. The van der Waals surface area contributed by atoms with E-state index < -0.39 is 12.1 Å². The van der Waals surface area contributed by atoms with Gasteiger partial charge in [0.25, 0.3) is 5.91 Å². The monoisotopic (exact) mass is 435 g/mol. The van der Waals surface area contributed by atoms with Crippen molar-refractivity contribution in [2.45, 2.75) is 26.5 Å². The van der Waals surface area contributed by atoms with E-state index in [9.17, 15) is 14.7 Å². The number of carbonyl (C=O) groups excluding carboxylic acids is 1. The summed E-state index contributed by atoms with van der Waals surface area (Å²) in [6.45, 7) is 5.04. The van der Waals surface area contributed by atoms with E-state index in [1.807, 2.05) is 38.1 Å².